The lowest BCUT2D eigenvalue weighted by Crippen LogP contribution is -2.98. The van der Waals surface area contributed by atoms with E-state index in [1.807, 2.05) is 0 Å². The first kappa shape index (κ1) is 11.4. The molecule has 10 nitrogen and oxygen atoms in total. The molecule has 0 aromatic carbocycles. The fourth-order valence-electron chi connectivity index (χ4n) is 0.508. The Morgan fingerprint density at radius 3 is 1.31 bits per heavy atom. The second-order valence-corrected chi connectivity index (χ2v) is 1.86. The summed E-state index contributed by atoms with van der Waals surface area (Å²) in [6.45, 7) is 0.313. The van der Waals surface area contributed by atoms with Gasteiger partial charge in [0.25, 0.3) is 0 Å². The molecule has 10 heteroatoms. The lowest BCUT2D eigenvalue weighted by Gasteiger charge is -1.96. The smallest absolute Gasteiger partial charge is 0.245 e. The number of nitrogens with two attached hydrogens (primary N) is 4. The van der Waals surface area contributed by atoms with Crippen LogP contribution in [0, 0.1) is 0 Å². The molecule has 14 N–H and O–H groups in total. The number of nitrogens with one attached hydrogen (secondary N) is 6. The normalized spacial score (nSPS) is 8.31. The minimum atomic E-state index is 0.313. The van der Waals surface area contributed by atoms with E-state index in [4.69, 9.17) is 23.4 Å². The number of hydrogen-bond donors (Lipinski definition) is 10. The first-order valence-corrected chi connectivity index (χ1v) is 3.36. The van der Waals surface area contributed by atoms with Crippen molar-refractivity contribution < 1.29 is 9.98 Å². The van der Waals surface area contributed by atoms with Crippen LogP contribution in [0.15, 0.2) is 0 Å². The zero-order valence-electron chi connectivity index (χ0n) is 7.02. The Labute approximate surface area is 74.7 Å². The Hall–Kier alpha value is -1.62. The number of guanidine groups is 2. The maximum absolute atomic E-state index is 5.06. The van der Waals surface area contributed by atoms with Crippen molar-refractivity contribution in [2.24, 2.45) is 23.4 Å². The summed E-state index contributed by atoms with van der Waals surface area (Å²) in [5.74, 6) is 20.9. The molecule has 0 saturated heterocycles. The minimum Gasteiger partial charge on any atom is -0.245 e. The fraction of sp³-hybridized carbons (Fsp3) is 0.333. The highest BCUT2D eigenvalue weighted by Gasteiger charge is 1.99. The maximum Gasteiger partial charge on any atom is 0.379 e. The molecule has 0 radical (unpaired) electrons. The average molecular weight is 192 g/mol. The molecule has 0 aliphatic rings. The van der Waals surface area contributed by atoms with Gasteiger partial charge in [-0.05, 0) is 0 Å². The minimum absolute atomic E-state index is 0.313. The summed E-state index contributed by atoms with van der Waals surface area (Å²) in [4.78, 5) is 5.48. The third-order valence-corrected chi connectivity index (χ3v) is 1.11. The average Bonchev–Trinajstić information content (AvgIpc) is 2.19. The van der Waals surface area contributed by atoms with Crippen LogP contribution in [0.5, 0.6) is 0 Å². The van der Waals surface area contributed by atoms with E-state index in [0.29, 0.717) is 18.6 Å². The van der Waals surface area contributed by atoms with Crippen molar-refractivity contribution >= 4 is 11.9 Å². The van der Waals surface area contributed by atoms with Crippen LogP contribution in [-0.2, 0) is 0 Å². The van der Waals surface area contributed by atoms with Crippen LogP contribution in [0.1, 0.15) is 0 Å². The highest BCUT2D eigenvalue weighted by Crippen LogP contribution is 1.29. The van der Waals surface area contributed by atoms with E-state index in [1.54, 1.807) is 0 Å². The topological polar surface area (TPSA) is 180 Å². The molecular weight excluding hydrogens is 176 g/mol. The van der Waals surface area contributed by atoms with Gasteiger partial charge in [0.05, 0.1) is 0 Å². The van der Waals surface area contributed by atoms with Gasteiger partial charge >= 0.3 is 11.9 Å². The van der Waals surface area contributed by atoms with Crippen molar-refractivity contribution in [2.45, 2.75) is 0 Å². The van der Waals surface area contributed by atoms with E-state index in [2.05, 4.69) is 31.7 Å². The predicted molar refractivity (Wildman–Crippen MR) is 46.1 cm³/mol. The van der Waals surface area contributed by atoms with Crippen LogP contribution in [0.3, 0.4) is 0 Å². The third kappa shape index (κ3) is 4.76. The van der Waals surface area contributed by atoms with Gasteiger partial charge in [-0.15, -0.1) is 0 Å². The summed E-state index contributed by atoms with van der Waals surface area (Å²) in [6.07, 6.45) is 0. The molecule has 0 atom stereocenters. The largest absolute Gasteiger partial charge is 0.379 e. The second-order valence-electron chi connectivity index (χ2n) is 1.86. The fourth-order valence-corrected chi connectivity index (χ4v) is 0.508. The van der Waals surface area contributed by atoms with Crippen molar-refractivity contribution in [3.8, 4) is 0 Å². The van der Waals surface area contributed by atoms with Gasteiger partial charge in [0, 0.05) is 0 Å². The third-order valence-electron chi connectivity index (χ3n) is 1.11. The monoisotopic (exact) mass is 192 g/mol. The summed E-state index contributed by atoms with van der Waals surface area (Å²) in [6, 6.07) is 0. The molecular formula is C3H16N10+2. The van der Waals surface area contributed by atoms with Gasteiger partial charge in [0.15, 0.2) is 6.67 Å². The first-order valence-electron chi connectivity index (χ1n) is 3.36. The van der Waals surface area contributed by atoms with Crippen molar-refractivity contribution in [3.63, 3.8) is 0 Å². The van der Waals surface area contributed by atoms with E-state index in [9.17, 15) is 0 Å². The van der Waals surface area contributed by atoms with Gasteiger partial charge in [-0.25, -0.2) is 31.7 Å². The van der Waals surface area contributed by atoms with E-state index >= 15 is 0 Å². The van der Waals surface area contributed by atoms with Gasteiger partial charge in [0.1, 0.15) is 0 Å². The molecule has 0 aliphatic heterocycles. The van der Waals surface area contributed by atoms with Crippen LogP contribution >= 0.6 is 0 Å². The van der Waals surface area contributed by atoms with Crippen LogP contribution in [0.25, 0.3) is 0 Å². The lowest BCUT2D eigenvalue weighted by molar-refractivity contribution is -0.683. The zero-order valence-corrected chi connectivity index (χ0v) is 7.02. The van der Waals surface area contributed by atoms with Gasteiger partial charge in [0.2, 0.25) is 0 Å². The Kier molecular flexibility index (Phi) is 6.17. The second kappa shape index (κ2) is 7.05. The van der Waals surface area contributed by atoms with Gasteiger partial charge < -0.3 is 0 Å². The molecule has 0 saturated carbocycles. The summed E-state index contributed by atoms with van der Waals surface area (Å²) in [5.41, 5.74) is 9.11. The summed E-state index contributed by atoms with van der Waals surface area (Å²) < 4.78 is 0. The molecule has 13 heavy (non-hydrogen) atoms. The van der Waals surface area contributed by atoms with E-state index in [-0.39, 0.29) is 0 Å². The highest BCUT2D eigenvalue weighted by molar-refractivity contribution is 5.72. The number of hydrogen-bond acceptors (Lipinski definition) is 4. The Balaban J connectivity index is 3.99. The molecule has 0 amide bonds. The molecule has 0 rings (SSSR count). The quantitative estimate of drug-likeness (QED) is 0.0672. The Morgan fingerprint density at radius 2 is 1.08 bits per heavy atom. The molecule has 0 aromatic rings. The van der Waals surface area contributed by atoms with Crippen LogP contribution in [0.2, 0.25) is 0 Å². The van der Waals surface area contributed by atoms with Gasteiger partial charge in [-0.1, -0.05) is 0 Å². The van der Waals surface area contributed by atoms with Crippen LogP contribution in [-0.4, -0.2) is 18.6 Å². The molecule has 0 spiro atoms. The summed E-state index contributed by atoms with van der Waals surface area (Å²) in [7, 11) is 0. The highest BCUT2D eigenvalue weighted by atomic mass is 15.4. The van der Waals surface area contributed by atoms with Crippen LogP contribution < -0.4 is 55.1 Å². The van der Waals surface area contributed by atoms with Crippen molar-refractivity contribution in [1.82, 2.24) is 21.7 Å². The maximum atomic E-state index is 5.06. The Bertz CT molecular complexity index is 151. The molecule has 76 valence electrons. The molecule has 0 aliphatic carbocycles. The number of rotatable bonds is 2. The SMILES string of the molecule is NNC(NN)=[NH+]C[NH+]=C(NN)NN. The molecule has 0 heterocycles. The lowest BCUT2D eigenvalue weighted by atomic mass is 10.9. The van der Waals surface area contributed by atoms with Gasteiger partial charge in [-0.3, -0.25) is 0 Å². The van der Waals surface area contributed by atoms with Crippen molar-refractivity contribution in [1.29, 1.82) is 0 Å². The first-order chi connectivity index (χ1) is 6.28. The van der Waals surface area contributed by atoms with E-state index in [0.717, 1.165) is 0 Å². The molecule has 0 fully saturated rings. The Morgan fingerprint density at radius 1 is 0.769 bits per heavy atom. The standard InChI is InChI=1S/C3H14N10/c4-10-2(11-5)8-1-9-3(12-6)13-7/h1,4-7H2,(H2,8,10,11)(H2,9,12,13)/p+2. The summed E-state index contributed by atoms with van der Waals surface area (Å²) >= 11 is 0. The summed E-state index contributed by atoms with van der Waals surface area (Å²) in [5, 5.41) is 0. The van der Waals surface area contributed by atoms with E-state index in [1.165, 1.54) is 0 Å². The van der Waals surface area contributed by atoms with Crippen LogP contribution in [0.4, 0.5) is 0 Å². The molecule has 0 aromatic heterocycles. The van der Waals surface area contributed by atoms with Crippen molar-refractivity contribution in [2.75, 3.05) is 6.67 Å². The van der Waals surface area contributed by atoms with E-state index < -0.39 is 0 Å². The van der Waals surface area contributed by atoms with Crippen molar-refractivity contribution in [3.05, 3.63) is 0 Å². The predicted octanol–water partition coefficient (Wildman–Crippen LogP) is -8.33. The zero-order chi connectivity index (χ0) is 10.1. The van der Waals surface area contributed by atoms with Gasteiger partial charge in [-0.2, -0.15) is 23.4 Å². The molecule has 0 unspecified atom stereocenters. The molecule has 0 bridgehead atoms. The number of hydrazine groups is 4.